The minimum Gasteiger partial charge on any atom is -0.481 e. The fourth-order valence-corrected chi connectivity index (χ4v) is 1.91. The summed E-state index contributed by atoms with van der Waals surface area (Å²) in [5.41, 5.74) is 1.76. The summed E-state index contributed by atoms with van der Waals surface area (Å²) in [6.45, 7) is 0.585. The number of hydrogen-bond donors (Lipinski definition) is 1. The zero-order chi connectivity index (χ0) is 13.9. The molecule has 0 aliphatic carbocycles. The topological polar surface area (TPSA) is 64.3 Å². The lowest BCUT2D eigenvalue weighted by atomic mass is 10.3. The first-order chi connectivity index (χ1) is 9.74. The molecule has 6 nitrogen and oxygen atoms in total. The van der Waals surface area contributed by atoms with Crippen molar-refractivity contribution in [3.63, 3.8) is 0 Å². The Labute approximate surface area is 120 Å². The molecule has 3 aromatic rings. The first-order valence-corrected chi connectivity index (χ1v) is 6.37. The molecule has 3 rings (SSSR count). The molecule has 0 unspecified atom stereocenters. The van der Waals surface area contributed by atoms with Gasteiger partial charge in [0.25, 0.3) is 0 Å². The Hall–Kier alpha value is -2.34. The summed E-state index contributed by atoms with van der Waals surface area (Å²) >= 11 is 5.90. The largest absolute Gasteiger partial charge is 0.481 e. The third kappa shape index (κ3) is 2.65. The van der Waals surface area contributed by atoms with Gasteiger partial charge in [-0.2, -0.15) is 4.98 Å². The van der Waals surface area contributed by atoms with Crippen LogP contribution in [0.15, 0.2) is 36.7 Å². The van der Waals surface area contributed by atoms with E-state index in [9.17, 15) is 0 Å². The van der Waals surface area contributed by atoms with E-state index in [1.165, 1.54) is 0 Å². The van der Waals surface area contributed by atoms with Crippen molar-refractivity contribution in [1.29, 1.82) is 0 Å². The van der Waals surface area contributed by atoms with E-state index in [-0.39, 0.29) is 0 Å². The van der Waals surface area contributed by atoms with E-state index < -0.39 is 0 Å². The van der Waals surface area contributed by atoms with Gasteiger partial charge >= 0.3 is 0 Å². The maximum Gasteiger partial charge on any atom is 0.243 e. The van der Waals surface area contributed by atoms with Gasteiger partial charge in [0.05, 0.1) is 12.1 Å². The first-order valence-electron chi connectivity index (χ1n) is 5.99. The van der Waals surface area contributed by atoms with Gasteiger partial charge in [-0.15, -0.1) is 5.10 Å². The fraction of sp³-hybridized carbons (Fsp3) is 0.154. The highest BCUT2D eigenvalue weighted by Gasteiger charge is 2.03. The van der Waals surface area contributed by atoms with Crippen LogP contribution in [0.1, 0.15) is 5.56 Å². The summed E-state index contributed by atoms with van der Waals surface area (Å²) < 4.78 is 6.65. The summed E-state index contributed by atoms with van der Waals surface area (Å²) in [7, 11) is 1.59. The second kappa shape index (κ2) is 5.34. The minimum absolute atomic E-state index is 0.545. The van der Waals surface area contributed by atoms with Gasteiger partial charge in [0.2, 0.25) is 11.8 Å². The van der Waals surface area contributed by atoms with Gasteiger partial charge in [-0.25, -0.2) is 9.50 Å². The molecule has 0 spiro atoms. The van der Waals surface area contributed by atoms with E-state index in [0.717, 1.165) is 11.2 Å². The summed E-state index contributed by atoms with van der Waals surface area (Å²) in [5.74, 6) is 1.14. The zero-order valence-electron chi connectivity index (χ0n) is 10.7. The molecule has 0 fully saturated rings. The first kappa shape index (κ1) is 12.7. The van der Waals surface area contributed by atoms with Crippen molar-refractivity contribution < 1.29 is 4.74 Å². The van der Waals surface area contributed by atoms with Crippen LogP contribution in [-0.4, -0.2) is 26.7 Å². The van der Waals surface area contributed by atoms with Crippen LogP contribution in [0, 0.1) is 0 Å². The molecule has 0 saturated carbocycles. The average molecular weight is 290 g/mol. The molecule has 0 atom stereocenters. The number of nitrogens with zero attached hydrogens (tertiary/aromatic N) is 4. The van der Waals surface area contributed by atoms with Crippen molar-refractivity contribution >= 4 is 23.2 Å². The van der Waals surface area contributed by atoms with Gasteiger partial charge in [0.15, 0.2) is 5.65 Å². The number of aromatic nitrogens is 4. The van der Waals surface area contributed by atoms with Crippen LogP contribution < -0.4 is 10.1 Å². The predicted octanol–water partition coefficient (Wildman–Crippen LogP) is 2.40. The number of anilines is 1. The number of ether oxygens (including phenoxy) is 1. The van der Waals surface area contributed by atoms with Crippen molar-refractivity contribution in [3.05, 3.63) is 47.2 Å². The van der Waals surface area contributed by atoms with E-state index >= 15 is 0 Å². The number of fused-ring (bicyclic) bond motifs is 1. The van der Waals surface area contributed by atoms with E-state index in [1.54, 1.807) is 30.1 Å². The van der Waals surface area contributed by atoms with E-state index in [0.29, 0.717) is 23.4 Å². The number of methoxy groups -OCH3 is 1. The monoisotopic (exact) mass is 289 g/mol. The number of rotatable bonds is 4. The van der Waals surface area contributed by atoms with Crippen molar-refractivity contribution in [2.24, 2.45) is 0 Å². The number of nitrogens with one attached hydrogen (secondary N) is 1. The quantitative estimate of drug-likeness (QED) is 0.799. The summed E-state index contributed by atoms with van der Waals surface area (Å²) in [5, 5.41) is 8.05. The predicted molar refractivity (Wildman–Crippen MR) is 76.1 cm³/mol. The Kier molecular flexibility index (Phi) is 3.39. The lowest BCUT2D eigenvalue weighted by Gasteiger charge is -2.02. The van der Waals surface area contributed by atoms with Crippen LogP contribution in [0.4, 0.5) is 5.95 Å². The van der Waals surface area contributed by atoms with Gasteiger partial charge in [-0.1, -0.05) is 17.7 Å². The second-order valence-corrected chi connectivity index (χ2v) is 4.58. The van der Waals surface area contributed by atoms with Gasteiger partial charge in [0.1, 0.15) is 0 Å². The highest BCUT2D eigenvalue weighted by Crippen LogP contribution is 2.12. The van der Waals surface area contributed by atoms with Crippen molar-refractivity contribution in [1.82, 2.24) is 19.6 Å². The Morgan fingerprint density at radius 2 is 2.20 bits per heavy atom. The van der Waals surface area contributed by atoms with Crippen LogP contribution >= 0.6 is 11.6 Å². The molecule has 0 aromatic carbocycles. The number of pyridine rings is 2. The highest BCUT2D eigenvalue weighted by molar-refractivity contribution is 6.30. The lowest BCUT2D eigenvalue weighted by Crippen LogP contribution is -2.02. The van der Waals surface area contributed by atoms with E-state index in [2.05, 4.69) is 20.4 Å². The third-order valence-corrected chi connectivity index (χ3v) is 2.98. The maximum absolute atomic E-state index is 5.90. The zero-order valence-corrected chi connectivity index (χ0v) is 11.5. The van der Waals surface area contributed by atoms with Crippen LogP contribution in [-0.2, 0) is 6.54 Å². The molecule has 0 bridgehead atoms. The Morgan fingerprint density at radius 1 is 1.30 bits per heavy atom. The van der Waals surface area contributed by atoms with Gasteiger partial charge < -0.3 is 10.1 Å². The summed E-state index contributed by atoms with van der Waals surface area (Å²) in [4.78, 5) is 8.48. The Balaban J connectivity index is 1.72. The molecule has 1 N–H and O–H groups in total. The molecule has 0 radical (unpaired) electrons. The third-order valence-electron chi connectivity index (χ3n) is 2.75. The molecule has 20 heavy (non-hydrogen) atoms. The fourth-order valence-electron chi connectivity index (χ4n) is 1.75. The number of halogens is 1. The molecular weight excluding hydrogens is 278 g/mol. The SMILES string of the molecule is COc1ccc(CNc2nc3ccc(Cl)cn3n2)cn1. The van der Waals surface area contributed by atoms with Crippen molar-refractivity contribution in [2.75, 3.05) is 12.4 Å². The Morgan fingerprint density at radius 3 is 2.95 bits per heavy atom. The van der Waals surface area contributed by atoms with Gasteiger partial charge in [-0.3, -0.25) is 0 Å². The molecule has 0 aliphatic rings. The highest BCUT2D eigenvalue weighted by atomic mass is 35.5. The van der Waals surface area contributed by atoms with E-state index in [4.69, 9.17) is 16.3 Å². The Bertz CT molecular complexity index is 725. The normalized spacial score (nSPS) is 10.7. The lowest BCUT2D eigenvalue weighted by molar-refractivity contribution is 0.397. The minimum atomic E-state index is 0.545. The number of hydrogen-bond acceptors (Lipinski definition) is 5. The molecule has 3 heterocycles. The molecule has 3 aromatic heterocycles. The van der Waals surface area contributed by atoms with E-state index in [1.807, 2.05) is 18.2 Å². The summed E-state index contributed by atoms with van der Waals surface area (Å²) in [6, 6.07) is 7.34. The molecule has 0 aliphatic heterocycles. The van der Waals surface area contributed by atoms with Crippen LogP contribution in [0.25, 0.3) is 5.65 Å². The van der Waals surface area contributed by atoms with Crippen molar-refractivity contribution in [3.8, 4) is 5.88 Å². The van der Waals surface area contributed by atoms with Crippen LogP contribution in [0.5, 0.6) is 5.88 Å². The standard InChI is InChI=1S/C13H12ClN5O/c1-20-12-5-2-9(6-15-12)7-16-13-17-11-4-3-10(14)8-19(11)18-13/h2-6,8H,7H2,1H3,(H,16,18). The second-order valence-electron chi connectivity index (χ2n) is 4.15. The van der Waals surface area contributed by atoms with Crippen LogP contribution in [0.3, 0.4) is 0 Å². The molecule has 102 valence electrons. The molecule has 0 amide bonds. The summed E-state index contributed by atoms with van der Waals surface area (Å²) in [6.07, 6.45) is 3.46. The van der Waals surface area contributed by atoms with Gasteiger partial charge in [0, 0.05) is 25.0 Å². The molecular formula is C13H12ClN5O. The maximum atomic E-state index is 5.90. The molecule has 0 saturated heterocycles. The smallest absolute Gasteiger partial charge is 0.243 e. The average Bonchev–Trinajstić information content (AvgIpc) is 2.87. The van der Waals surface area contributed by atoms with Crippen molar-refractivity contribution in [2.45, 2.75) is 6.54 Å². The molecule has 7 heteroatoms. The van der Waals surface area contributed by atoms with Crippen LogP contribution in [0.2, 0.25) is 5.02 Å². The van der Waals surface area contributed by atoms with Gasteiger partial charge in [-0.05, 0) is 17.7 Å².